The molecule has 15 heavy (non-hydrogen) atoms. The predicted octanol–water partition coefficient (Wildman–Crippen LogP) is 2.49. The van der Waals surface area contributed by atoms with Crippen molar-refractivity contribution in [2.24, 2.45) is 5.92 Å². The fraction of sp³-hybridized carbons (Fsp3) is 1.00. The average molecular weight is 212 g/mol. The van der Waals surface area contributed by atoms with Crippen LogP contribution < -0.4 is 5.32 Å². The molecule has 1 heterocycles. The van der Waals surface area contributed by atoms with E-state index >= 15 is 0 Å². The van der Waals surface area contributed by atoms with Gasteiger partial charge < -0.3 is 10.2 Å². The van der Waals surface area contributed by atoms with E-state index in [0.29, 0.717) is 6.04 Å². The van der Waals surface area contributed by atoms with Crippen LogP contribution in [0, 0.1) is 5.92 Å². The molecule has 2 heteroatoms. The van der Waals surface area contributed by atoms with E-state index in [1.165, 1.54) is 38.8 Å². The van der Waals surface area contributed by atoms with E-state index in [4.69, 9.17) is 0 Å². The van der Waals surface area contributed by atoms with Gasteiger partial charge in [-0.25, -0.2) is 0 Å². The number of rotatable bonds is 5. The van der Waals surface area contributed by atoms with E-state index in [9.17, 15) is 0 Å². The Kier molecular flexibility index (Phi) is 5.62. The summed E-state index contributed by atoms with van der Waals surface area (Å²) in [6.45, 7) is 9.64. The molecule has 1 aliphatic heterocycles. The summed E-state index contributed by atoms with van der Waals surface area (Å²) < 4.78 is 0. The van der Waals surface area contributed by atoms with Crippen molar-refractivity contribution in [2.75, 3.05) is 20.1 Å². The summed E-state index contributed by atoms with van der Waals surface area (Å²) in [4.78, 5) is 2.68. The first kappa shape index (κ1) is 13.0. The number of nitrogens with one attached hydrogen (secondary N) is 1. The molecule has 0 bridgehead atoms. The molecule has 2 nitrogen and oxygen atoms in total. The Morgan fingerprint density at radius 2 is 2.07 bits per heavy atom. The zero-order valence-corrected chi connectivity index (χ0v) is 10.9. The van der Waals surface area contributed by atoms with Gasteiger partial charge in [-0.15, -0.1) is 0 Å². The van der Waals surface area contributed by atoms with Gasteiger partial charge in [0.25, 0.3) is 0 Å². The third-order valence-electron chi connectivity index (χ3n) is 3.82. The van der Waals surface area contributed by atoms with Crippen molar-refractivity contribution in [3.63, 3.8) is 0 Å². The molecule has 0 aromatic heterocycles. The maximum atomic E-state index is 3.30. The molecule has 0 aromatic carbocycles. The zero-order chi connectivity index (χ0) is 11.3. The van der Waals surface area contributed by atoms with Crippen LogP contribution in [0.1, 0.15) is 46.5 Å². The smallest absolute Gasteiger partial charge is 0.00671 e. The van der Waals surface area contributed by atoms with Gasteiger partial charge in [0.15, 0.2) is 0 Å². The summed E-state index contributed by atoms with van der Waals surface area (Å²) in [6.07, 6.45) is 5.44. The van der Waals surface area contributed by atoms with Gasteiger partial charge in [0.1, 0.15) is 0 Å². The molecule has 0 aliphatic carbocycles. The van der Waals surface area contributed by atoms with Crippen LogP contribution in [0.2, 0.25) is 0 Å². The molecule has 0 amide bonds. The largest absolute Gasteiger partial charge is 0.317 e. The fourth-order valence-electron chi connectivity index (χ4n) is 2.44. The highest BCUT2D eigenvalue weighted by Gasteiger charge is 2.21. The van der Waals surface area contributed by atoms with Crippen LogP contribution in [0.3, 0.4) is 0 Å². The van der Waals surface area contributed by atoms with Crippen LogP contribution in [0.25, 0.3) is 0 Å². The third kappa shape index (κ3) is 4.52. The Labute approximate surface area is 95.4 Å². The normalized spacial score (nSPS) is 30.4. The second-order valence-corrected chi connectivity index (χ2v) is 5.36. The van der Waals surface area contributed by atoms with Crippen molar-refractivity contribution >= 4 is 0 Å². The summed E-state index contributed by atoms with van der Waals surface area (Å²) in [6, 6.07) is 1.48. The standard InChI is InChI=1S/C13H28N2/c1-11-7-8-13(3)15(10-11)9-5-6-12(2)14-4/h11-14H,5-10H2,1-4H3. The monoisotopic (exact) mass is 212 g/mol. The fourth-order valence-corrected chi connectivity index (χ4v) is 2.44. The van der Waals surface area contributed by atoms with Crippen LogP contribution in [0.5, 0.6) is 0 Å². The van der Waals surface area contributed by atoms with E-state index in [1.54, 1.807) is 0 Å². The molecule has 3 atom stereocenters. The van der Waals surface area contributed by atoms with Gasteiger partial charge in [-0.3, -0.25) is 0 Å². The summed E-state index contributed by atoms with van der Waals surface area (Å²) in [5.74, 6) is 0.905. The molecular weight excluding hydrogens is 184 g/mol. The van der Waals surface area contributed by atoms with E-state index in [-0.39, 0.29) is 0 Å². The zero-order valence-electron chi connectivity index (χ0n) is 10.9. The third-order valence-corrected chi connectivity index (χ3v) is 3.82. The highest BCUT2D eigenvalue weighted by atomic mass is 15.2. The van der Waals surface area contributed by atoms with Gasteiger partial charge in [-0.2, -0.15) is 0 Å². The number of likely N-dealkylation sites (tertiary alicyclic amines) is 1. The van der Waals surface area contributed by atoms with Crippen molar-refractivity contribution in [1.82, 2.24) is 10.2 Å². The minimum atomic E-state index is 0.669. The summed E-state index contributed by atoms with van der Waals surface area (Å²) in [5, 5.41) is 3.30. The minimum absolute atomic E-state index is 0.669. The molecule has 1 aliphatic rings. The number of hydrogen-bond donors (Lipinski definition) is 1. The first-order valence-electron chi connectivity index (χ1n) is 6.54. The lowest BCUT2D eigenvalue weighted by molar-refractivity contribution is 0.122. The highest BCUT2D eigenvalue weighted by molar-refractivity contribution is 4.77. The predicted molar refractivity (Wildman–Crippen MR) is 67.2 cm³/mol. The lowest BCUT2D eigenvalue weighted by atomic mass is 9.95. The van der Waals surface area contributed by atoms with Crippen molar-refractivity contribution in [2.45, 2.75) is 58.5 Å². The second kappa shape index (κ2) is 6.49. The summed E-state index contributed by atoms with van der Waals surface area (Å²) in [7, 11) is 2.05. The lowest BCUT2D eigenvalue weighted by Crippen LogP contribution is -2.41. The van der Waals surface area contributed by atoms with Gasteiger partial charge in [0.2, 0.25) is 0 Å². The Bertz CT molecular complexity index is 170. The molecule has 3 unspecified atom stereocenters. The second-order valence-electron chi connectivity index (χ2n) is 5.36. The Hall–Kier alpha value is -0.0800. The van der Waals surface area contributed by atoms with Crippen LogP contribution in [0.15, 0.2) is 0 Å². The Morgan fingerprint density at radius 1 is 1.33 bits per heavy atom. The molecule has 90 valence electrons. The highest BCUT2D eigenvalue weighted by Crippen LogP contribution is 2.21. The molecule has 1 saturated heterocycles. The van der Waals surface area contributed by atoms with Gasteiger partial charge in [-0.1, -0.05) is 6.92 Å². The maximum absolute atomic E-state index is 3.30. The van der Waals surface area contributed by atoms with Crippen molar-refractivity contribution in [3.8, 4) is 0 Å². The van der Waals surface area contributed by atoms with Crippen molar-refractivity contribution in [3.05, 3.63) is 0 Å². The minimum Gasteiger partial charge on any atom is -0.317 e. The molecule has 1 fully saturated rings. The SMILES string of the molecule is CNC(C)CCCN1CC(C)CCC1C. The lowest BCUT2D eigenvalue weighted by Gasteiger charge is -2.37. The number of nitrogens with zero attached hydrogens (tertiary/aromatic N) is 1. The van der Waals surface area contributed by atoms with Gasteiger partial charge in [0.05, 0.1) is 0 Å². The van der Waals surface area contributed by atoms with E-state index in [0.717, 1.165) is 12.0 Å². The average Bonchev–Trinajstić information content (AvgIpc) is 2.23. The van der Waals surface area contributed by atoms with Crippen molar-refractivity contribution < 1.29 is 0 Å². The Balaban J connectivity index is 2.18. The van der Waals surface area contributed by atoms with E-state index in [2.05, 4.69) is 38.0 Å². The molecule has 0 saturated carbocycles. The number of piperidine rings is 1. The molecular formula is C13H28N2. The van der Waals surface area contributed by atoms with E-state index < -0.39 is 0 Å². The van der Waals surface area contributed by atoms with Gasteiger partial charge in [-0.05, 0) is 59.0 Å². The molecule has 0 radical (unpaired) electrons. The Morgan fingerprint density at radius 3 is 2.73 bits per heavy atom. The first-order valence-corrected chi connectivity index (χ1v) is 6.54. The van der Waals surface area contributed by atoms with Crippen LogP contribution in [-0.4, -0.2) is 37.1 Å². The molecule has 0 spiro atoms. The topological polar surface area (TPSA) is 15.3 Å². The van der Waals surface area contributed by atoms with Gasteiger partial charge in [0, 0.05) is 18.6 Å². The van der Waals surface area contributed by atoms with Crippen molar-refractivity contribution in [1.29, 1.82) is 0 Å². The first-order chi connectivity index (χ1) is 7.13. The van der Waals surface area contributed by atoms with Crippen LogP contribution in [-0.2, 0) is 0 Å². The quantitative estimate of drug-likeness (QED) is 0.753. The van der Waals surface area contributed by atoms with Crippen LogP contribution >= 0.6 is 0 Å². The van der Waals surface area contributed by atoms with Crippen LogP contribution in [0.4, 0.5) is 0 Å². The maximum Gasteiger partial charge on any atom is 0.00671 e. The number of hydrogen-bond acceptors (Lipinski definition) is 2. The molecule has 1 rings (SSSR count). The molecule has 1 N–H and O–H groups in total. The summed E-state index contributed by atoms with van der Waals surface area (Å²) >= 11 is 0. The van der Waals surface area contributed by atoms with E-state index in [1.807, 2.05) is 0 Å². The summed E-state index contributed by atoms with van der Waals surface area (Å²) in [5.41, 5.74) is 0. The van der Waals surface area contributed by atoms with Gasteiger partial charge >= 0.3 is 0 Å². The molecule has 0 aromatic rings.